The second-order valence-electron chi connectivity index (χ2n) is 3.53. The molecule has 0 aliphatic heterocycles. The summed E-state index contributed by atoms with van der Waals surface area (Å²) in [5, 5.41) is 7.30. The van der Waals surface area contributed by atoms with Crippen LogP contribution < -0.4 is 15.2 Å². The normalized spacial score (nSPS) is 14.8. The van der Waals surface area contributed by atoms with Gasteiger partial charge in [-0.2, -0.15) is 13.1 Å². The van der Waals surface area contributed by atoms with Crippen LogP contribution in [0.3, 0.4) is 0 Å². The first-order valence-electron chi connectivity index (χ1n) is 4.99. The maximum absolute atomic E-state index is 11.5. The van der Waals surface area contributed by atoms with E-state index in [-0.39, 0.29) is 18.9 Å². The Labute approximate surface area is 101 Å². The Balaban J connectivity index is 4.75. The predicted molar refractivity (Wildman–Crippen MR) is 62.8 cm³/mol. The first-order chi connectivity index (χ1) is 7.67. The highest BCUT2D eigenvalue weighted by molar-refractivity contribution is 7.88. The number of amides is 1. The summed E-state index contributed by atoms with van der Waals surface area (Å²) >= 11 is 0. The first-order valence-corrected chi connectivity index (χ1v) is 6.48. The van der Waals surface area contributed by atoms with Crippen molar-refractivity contribution in [1.29, 1.82) is 5.41 Å². The molecule has 0 radical (unpaired) electrons. The van der Waals surface area contributed by atoms with E-state index in [1.54, 1.807) is 18.6 Å². The van der Waals surface area contributed by atoms with Crippen LogP contribution in [0.15, 0.2) is 0 Å². The number of amidine groups is 1. The summed E-state index contributed by atoms with van der Waals surface area (Å²) < 4.78 is 31.2. The largest absolute Gasteiger partial charge is 0.449 e. The quantitative estimate of drug-likeness (QED) is 0.386. The van der Waals surface area contributed by atoms with Crippen LogP contribution in [0.1, 0.15) is 27.2 Å². The predicted octanol–water partition coefficient (Wildman–Crippen LogP) is -0.328. The molecule has 0 heterocycles. The van der Waals surface area contributed by atoms with E-state index in [9.17, 15) is 13.2 Å². The average molecular weight is 266 g/mol. The van der Waals surface area contributed by atoms with Gasteiger partial charge in [-0.05, 0) is 20.3 Å². The molecule has 0 rings (SSSR count). The SMILES string of the molecule is CCOC(=O)NS(=O)(=O)NC(C)(CC)C(=N)N. The molecule has 9 heteroatoms. The molecule has 0 saturated carbocycles. The number of carbonyl (C=O) groups is 1. The Morgan fingerprint density at radius 3 is 2.35 bits per heavy atom. The Morgan fingerprint density at radius 2 is 2.00 bits per heavy atom. The fourth-order valence-electron chi connectivity index (χ4n) is 0.910. The fraction of sp³-hybridized carbons (Fsp3) is 0.750. The van der Waals surface area contributed by atoms with Gasteiger partial charge in [0.1, 0.15) is 5.84 Å². The smallest absolute Gasteiger partial charge is 0.421 e. The molecule has 5 N–H and O–H groups in total. The van der Waals surface area contributed by atoms with Crippen molar-refractivity contribution in [3.63, 3.8) is 0 Å². The Morgan fingerprint density at radius 1 is 1.47 bits per heavy atom. The summed E-state index contributed by atoms with van der Waals surface area (Å²) in [6.07, 6.45) is -0.812. The van der Waals surface area contributed by atoms with Gasteiger partial charge in [0.05, 0.1) is 12.1 Å². The molecule has 0 aromatic heterocycles. The average Bonchev–Trinajstić information content (AvgIpc) is 2.15. The van der Waals surface area contributed by atoms with Gasteiger partial charge in [-0.1, -0.05) is 6.92 Å². The van der Waals surface area contributed by atoms with Crippen LogP contribution >= 0.6 is 0 Å². The van der Waals surface area contributed by atoms with Crippen molar-refractivity contribution in [2.24, 2.45) is 5.73 Å². The van der Waals surface area contributed by atoms with Crippen molar-refractivity contribution < 1.29 is 17.9 Å². The highest BCUT2D eigenvalue weighted by atomic mass is 32.2. The van der Waals surface area contributed by atoms with Crippen molar-refractivity contribution in [3.8, 4) is 0 Å². The number of hydrogen-bond donors (Lipinski definition) is 4. The number of carbonyl (C=O) groups excluding carboxylic acids is 1. The van der Waals surface area contributed by atoms with Gasteiger partial charge in [0.2, 0.25) is 0 Å². The van der Waals surface area contributed by atoms with E-state index in [1.165, 1.54) is 6.92 Å². The van der Waals surface area contributed by atoms with E-state index in [0.29, 0.717) is 0 Å². The molecule has 0 saturated heterocycles. The first kappa shape index (κ1) is 15.7. The van der Waals surface area contributed by atoms with Crippen LogP contribution in [-0.2, 0) is 14.9 Å². The van der Waals surface area contributed by atoms with Crippen molar-refractivity contribution in [2.75, 3.05) is 6.61 Å². The third-order valence-corrected chi connectivity index (χ3v) is 3.31. The molecule has 17 heavy (non-hydrogen) atoms. The van der Waals surface area contributed by atoms with Gasteiger partial charge in [-0.3, -0.25) is 5.41 Å². The number of nitrogens with two attached hydrogens (primary N) is 1. The van der Waals surface area contributed by atoms with E-state index in [1.807, 2.05) is 0 Å². The molecule has 100 valence electrons. The summed E-state index contributed by atoms with van der Waals surface area (Å²) in [5.41, 5.74) is 4.05. The Bertz CT molecular complexity index is 394. The lowest BCUT2D eigenvalue weighted by Crippen LogP contribution is -2.57. The summed E-state index contributed by atoms with van der Waals surface area (Å²) in [7, 11) is -4.11. The summed E-state index contributed by atoms with van der Waals surface area (Å²) in [6.45, 7) is 4.71. The maximum Gasteiger partial charge on any atom is 0.421 e. The molecule has 0 fully saturated rings. The van der Waals surface area contributed by atoms with Gasteiger partial charge in [-0.25, -0.2) is 9.52 Å². The standard InChI is InChI=1S/C8H18N4O4S/c1-4-8(3,6(9)10)12-17(14,15)11-7(13)16-5-2/h12H,4-5H2,1-3H3,(H3,9,10)(H,11,13). The van der Waals surface area contributed by atoms with Crippen LogP contribution in [-0.4, -0.2) is 32.5 Å². The van der Waals surface area contributed by atoms with Gasteiger partial charge in [-0.15, -0.1) is 0 Å². The minimum absolute atomic E-state index is 0.0547. The van der Waals surface area contributed by atoms with Crippen molar-refractivity contribution in [1.82, 2.24) is 9.44 Å². The minimum Gasteiger partial charge on any atom is -0.449 e. The molecule has 1 amide bonds. The third-order valence-electron chi connectivity index (χ3n) is 2.15. The molecule has 8 nitrogen and oxygen atoms in total. The molecule has 0 spiro atoms. The molecule has 0 aromatic rings. The second-order valence-corrected chi connectivity index (χ2v) is 4.94. The lowest BCUT2D eigenvalue weighted by Gasteiger charge is -2.27. The van der Waals surface area contributed by atoms with Crippen LogP contribution in [0, 0.1) is 5.41 Å². The van der Waals surface area contributed by atoms with E-state index in [0.717, 1.165) is 0 Å². The van der Waals surface area contributed by atoms with E-state index < -0.39 is 21.8 Å². The van der Waals surface area contributed by atoms with Gasteiger partial charge in [0, 0.05) is 0 Å². The molecule has 1 atom stereocenters. The van der Waals surface area contributed by atoms with E-state index in [4.69, 9.17) is 11.1 Å². The van der Waals surface area contributed by atoms with Gasteiger partial charge < -0.3 is 10.5 Å². The highest BCUT2D eigenvalue weighted by Gasteiger charge is 2.32. The van der Waals surface area contributed by atoms with Crippen molar-refractivity contribution >= 4 is 22.1 Å². The molecule has 0 bridgehead atoms. The van der Waals surface area contributed by atoms with Crippen LogP contribution in [0.4, 0.5) is 4.79 Å². The zero-order chi connectivity index (χ0) is 13.7. The molecule has 1 unspecified atom stereocenters. The molecular weight excluding hydrogens is 248 g/mol. The van der Waals surface area contributed by atoms with Gasteiger partial charge in [0.25, 0.3) is 0 Å². The molecule has 0 aliphatic carbocycles. The maximum atomic E-state index is 11.5. The van der Waals surface area contributed by atoms with Gasteiger partial charge in [0.15, 0.2) is 0 Å². The monoisotopic (exact) mass is 266 g/mol. The van der Waals surface area contributed by atoms with Crippen LogP contribution in [0.25, 0.3) is 0 Å². The lowest BCUT2D eigenvalue weighted by atomic mass is 10.00. The van der Waals surface area contributed by atoms with Crippen LogP contribution in [0.2, 0.25) is 0 Å². The number of ether oxygens (including phenoxy) is 1. The number of hydrogen-bond acceptors (Lipinski definition) is 5. The third kappa shape index (κ3) is 5.00. The van der Waals surface area contributed by atoms with E-state index in [2.05, 4.69) is 9.46 Å². The van der Waals surface area contributed by atoms with Crippen molar-refractivity contribution in [3.05, 3.63) is 0 Å². The molecule has 0 aliphatic rings. The Hall–Kier alpha value is -1.35. The topological polar surface area (TPSA) is 134 Å². The number of nitrogens with one attached hydrogen (secondary N) is 3. The van der Waals surface area contributed by atoms with Gasteiger partial charge >= 0.3 is 16.3 Å². The summed E-state index contributed by atoms with van der Waals surface area (Å²) in [4.78, 5) is 11.0. The summed E-state index contributed by atoms with van der Waals surface area (Å²) in [5.74, 6) is -0.339. The van der Waals surface area contributed by atoms with Crippen LogP contribution in [0.5, 0.6) is 0 Å². The molecular formula is C8H18N4O4S. The van der Waals surface area contributed by atoms with E-state index >= 15 is 0 Å². The second kappa shape index (κ2) is 5.82. The van der Waals surface area contributed by atoms with Crippen molar-refractivity contribution in [2.45, 2.75) is 32.7 Å². The summed E-state index contributed by atoms with van der Waals surface area (Å²) in [6, 6.07) is 0. The fourth-order valence-corrected chi connectivity index (χ4v) is 2.09. The minimum atomic E-state index is -4.11. The lowest BCUT2D eigenvalue weighted by molar-refractivity contribution is 0.158. The zero-order valence-corrected chi connectivity index (χ0v) is 10.8. The zero-order valence-electron chi connectivity index (χ0n) is 10.0. The highest BCUT2D eigenvalue weighted by Crippen LogP contribution is 2.09. The molecule has 0 aromatic carbocycles. The Kier molecular flexibility index (Phi) is 5.36. The number of rotatable bonds is 6.